The summed E-state index contributed by atoms with van der Waals surface area (Å²) in [4.78, 5) is 11.0. The van der Waals surface area contributed by atoms with Crippen molar-refractivity contribution in [3.8, 4) is 0 Å². The molecule has 0 saturated carbocycles. The van der Waals surface area contributed by atoms with Gasteiger partial charge >= 0.3 is 12.4 Å². The van der Waals surface area contributed by atoms with Gasteiger partial charge in [0.25, 0.3) is 5.78 Å². The van der Waals surface area contributed by atoms with Crippen LogP contribution < -0.4 is 5.32 Å². The Bertz CT molecular complexity index is 630. The van der Waals surface area contributed by atoms with Crippen molar-refractivity contribution in [1.29, 1.82) is 0 Å². The van der Waals surface area contributed by atoms with Crippen LogP contribution in [0.2, 0.25) is 0 Å². The fourth-order valence-corrected chi connectivity index (χ4v) is 2.23. The van der Waals surface area contributed by atoms with E-state index in [-0.39, 0.29) is 17.5 Å². The van der Waals surface area contributed by atoms with Crippen LogP contribution in [0.3, 0.4) is 0 Å². The van der Waals surface area contributed by atoms with Crippen LogP contribution in [0, 0.1) is 0 Å². The van der Waals surface area contributed by atoms with Crippen molar-refractivity contribution >= 4 is 11.5 Å². The van der Waals surface area contributed by atoms with Crippen molar-refractivity contribution in [3.05, 3.63) is 41.1 Å². The predicted molar refractivity (Wildman–Crippen MR) is 83.4 cm³/mol. The molecule has 0 aromatic heterocycles. The third kappa shape index (κ3) is 5.51. The van der Waals surface area contributed by atoms with E-state index < -0.39 is 29.9 Å². The topological polar surface area (TPSA) is 29.1 Å². The van der Waals surface area contributed by atoms with Gasteiger partial charge in [-0.25, -0.2) is 0 Å². The van der Waals surface area contributed by atoms with Gasteiger partial charge < -0.3 is 5.32 Å². The number of halogens is 6. The first kappa shape index (κ1) is 21.1. The zero-order chi connectivity index (χ0) is 19.6. The molecular weight excluding hydrogens is 348 g/mol. The minimum Gasteiger partial charge on any atom is -0.351 e. The molecule has 1 N–H and O–H groups in total. The van der Waals surface area contributed by atoms with Crippen molar-refractivity contribution in [2.45, 2.75) is 51.9 Å². The summed E-state index contributed by atoms with van der Waals surface area (Å²) in [5.41, 5.74) is -0.641. The first-order valence-electron chi connectivity index (χ1n) is 7.55. The molecule has 0 spiro atoms. The van der Waals surface area contributed by atoms with Gasteiger partial charge in [0.1, 0.15) is 5.70 Å². The smallest absolute Gasteiger partial charge is 0.351 e. The lowest BCUT2D eigenvalue weighted by Gasteiger charge is -2.23. The maximum absolute atomic E-state index is 13.2. The molecule has 1 aromatic carbocycles. The van der Waals surface area contributed by atoms with E-state index in [1.54, 1.807) is 45.9 Å². The van der Waals surface area contributed by atoms with Crippen molar-refractivity contribution in [1.82, 2.24) is 0 Å². The SMILES string of the molecule is CC(C)c1cccc(C(C)C)c1N/C(=C/C(=O)C(F)(F)F)C(F)(F)F. The molecule has 0 aliphatic rings. The summed E-state index contributed by atoms with van der Waals surface area (Å²) in [5.74, 6) is -2.91. The third-order valence-corrected chi connectivity index (χ3v) is 3.49. The van der Waals surface area contributed by atoms with Crippen molar-refractivity contribution in [2.75, 3.05) is 5.32 Å². The highest BCUT2D eigenvalue weighted by atomic mass is 19.4. The molecule has 0 bridgehead atoms. The van der Waals surface area contributed by atoms with E-state index >= 15 is 0 Å². The van der Waals surface area contributed by atoms with Crippen LogP contribution in [-0.2, 0) is 4.79 Å². The standard InChI is InChI=1S/C17H19F6NO/c1-9(2)11-6-5-7-12(10(3)4)15(11)24-13(16(18,19)20)8-14(25)17(21,22)23/h5-10,24H,1-4H3/b13-8+. The van der Waals surface area contributed by atoms with Gasteiger partial charge in [-0.1, -0.05) is 45.9 Å². The fraction of sp³-hybridized carbons (Fsp3) is 0.471. The molecule has 0 heterocycles. The van der Waals surface area contributed by atoms with Crippen molar-refractivity contribution in [3.63, 3.8) is 0 Å². The van der Waals surface area contributed by atoms with Crippen LogP contribution in [0.5, 0.6) is 0 Å². The highest BCUT2D eigenvalue weighted by Crippen LogP contribution is 2.36. The molecule has 0 radical (unpaired) electrons. The summed E-state index contributed by atoms with van der Waals surface area (Å²) in [5, 5.41) is 2.04. The summed E-state index contributed by atoms with van der Waals surface area (Å²) in [6.07, 6.45) is -11.0. The minimum absolute atomic E-state index is 0.0750. The van der Waals surface area contributed by atoms with Gasteiger partial charge in [-0.3, -0.25) is 4.79 Å². The van der Waals surface area contributed by atoms with Crippen LogP contribution in [0.1, 0.15) is 50.7 Å². The molecule has 0 amide bonds. The fourth-order valence-electron chi connectivity index (χ4n) is 2.23. The molecular formula is C17H19F6NO. The number of hydrogen-bond acceptors (Lipinski definition) is 2. The summed E-state index contributed by atoms with van der Waals surface area (Å²) in [7, 11) is 0. The van der Waals surface area contributed by atoms with Gasteiger partial charge in [-0.15, -0.1) is 0 Å². The maximum atomic E-state index is 13.2. The number of ketones is 1. The van der Waals surface area contributed by atoms with E-state index in [9.17, 15) is 31.1 Å². The lowest BCUT2D eigenvalue weighted by Crippen LogP contribution is -2.26. The van der Waals surface area contributed by atoms with E-state index in [0.29, 0.717) is 11.1 Å². The number of carbonyl (C=O) groups excluding carboxylic acids is 1. The van der Waals surface area contributed by atoms with E-state index in [2.05, 4.69) is 0 Å². The largest absolute Gasteiger partial charge is 0.454 e. The average Bonchev–Trinajstić information content (AvgIpc) is 2.43. The predicted octanol–water partition coefficient (Wildman–Crippen LogP) is 5.92. The molecule has 1 aromatic rings. The van der Waals surface area contributed by atoms with Crippen LogP contribution in [-0.4, -0.2) is 18.1 Å². The number of allylic oxidation sites excluding steroid dienone is 2. The van der Waals surface area contributed by atoms with Crippen LogP contribution in [0.15, 0.2) is 30.0 Å². The van der Waals surface area contributed by atoms with E-state index in [1.807, 2.05) is 5.32 Å². The highest BCUT2D eigenvalue weighted by molar-refractivity contribution is 5.95. The van der Waals surface area contributed by atoms with Gasteiger partial charge in [-0.2, -0.15) is 26.3 Å². The molecule has 8 heteroatoms. The minimum atomic E-state index is -5.38. The quantitative estimate of drug-likeness (QED) is 0.517. The van der Waals surface area contributed by atoms with Crippen molar-refractivity contribution < 1.29 is 31.1 Å². The monoisotopic (exact) mass is 367 g/mol. The average molecular weight is 367 g/mol. The van der Waals surface area contributed by atoms with Gasteiger partial charge in [-0.05, 0) is 23.0 Å². The number of hydrogen-bond donors (Lipinski definition) is 1. The molecule has 0 aliphatic heterocycles. The Labute approximate surface area is 141 Å². The lowest BCUT2D eigenvalue weighted by molar-refractivity contribution is -0.165. The second-order valence-corrected chi connectivity index (χ2v) is 6.16. The first-order valence-corrected chi connectivity index (χ1v) is 7.55. The number of carbonyl (C=O) groups is 1. The Hall–Kier alpha value is -1.99. The molecule has 1 rings (SSSR count). The van der Waals surface area contributed by atoms with E-state index in [0.717, 1.165) is 0 Å². The van der Waals surface area contributed by atoms with Gasteiger partial charge in [0.2, 0.25) is 0 Å². The number of alkyl halides is 6. The highest BCUT2D eigenvalue weighted by Gasteiger charge is 2.41. The summed E-state index contributed by atoms with van der Waals surface area (Å²) in [6, 6.07) is 4.87. The molecule has 0 fully saturated rings. The second kappa shape index (κ2) is 7.49. The second-order valence-electron chi connectivity index (χ2n) is 6.16. The third-order valence-electron chi connectivity index (χ3n) is 3.49. The molecule has 0 atom stereocenters. The number of anilines is 1. The number of rotatable bonds is 5. The molecule has 0 unspecified atom stereocenters. The van der Waals surface area contributed by atoms with E-state index in [1.165, 1.54) is 0 Å². The number of nitrogens with one attached hydrogen (secondary N) is 1. The number of para-hydroxylation sites is 1. The Kier molecular flexibility index (Phi) is 6.31. The summed E-state index contributed by atoms with van der Waals surface area (Å²) in [6.45, 7) is 7.01. The maximum Gasteiger partial charge on any atom is 0.454 e. The molecule has 2 nitrogen and oxygen atoms in total. The Balaban J connectivity index is 3.49. The Morgan fingerprint density at radius 2 is 1.36 bits per heavy atom. The molecule has 25 heavy (non-hydrogen) atoms. The van der Waals surface area contributed by atoms with Crippen LogP contribution >= 0.6 is 0 Å². The van der Waals surface area contributed by atoms with Gasteiger partial charge in [0.05, 0.1) is 0 Å². The zero-order valence-electron chi connectivity index (χ0n) is 14.1. The molecule has 0 aliphatic carbocycles. The Morgan fingerprint density at radius 1 is 0.920 bits per heavy atom. The number of benzene rings is 1. The van der Waals surface area contributed by atoms with E-state index in [4.69, 9.17) is 0 Å². The zero-order valence-corrected chi connectivity index (χ0v) is 14.1. The molecule has 140 valence electrons. The van der Waals surface area contributed by atoms with Crippen LogP contribution in [0.4, 0.5) is 32.0 Å². The Morgan fingerprint density at radius 3 is 1.68 bits per heavy atom. The first-order chi connectivity index (χ1) is 11.2. The summed E-state index contributed by atoms with van der Waals surface area (Å²) >= 11 is 0. The van der Waals surface area contributed by atoms with Gasteiger partial charge in [0.15, 0.2) is 0 Å². The summed E-state index contributed by atoms with van der Waals surface area (Å²) < 4.78 is 76.6. The normalized spacial score (nSPS) is 13.5. The van der Waals surface area contributed by atoms with Gasteiger partial charge in [0, 0.05) is 11.8 Å². The molecule has 0 saturated heterocycles. The van der Waals surface area contributed by atoms with Crippen molar-refractivity contribution in [2.24, 2.45) is 0 Å². The van der Waals surface area contributed by atoms with Crippen LogP contribution in [0.25, 0.3) is 0 Å². The lowest BCUT2D eigenvalue weighted by atomic mass is 9.92.